The number of nitrogen functional groups attached to an aromatic ring is 1. The predicted octanol–water partition coefficient (Wildman–Crippen LogP) is 5.36. The van der Waals surface area contributed by atoms with E-state index >= 15 is 0 Å². The molecule has 0 saturated carbocycles. The fourth-order valence-electron chi connectivity index (χ4n) is 3.99. The van der Waals surface area contributed by atoms with Gasteiger partial charge < -0.3 is 15.4 Å². The first-order valence-corrected chi connectivity index (χ1v) is 10.4. The number of hydrazine groups is 1. The smallest absolute Gasteiger partial charge is 0.0736 e. The van der Waals surface area contributed by atoms with Gasteiger partial charge in [0.2, 0.25) is 0 Å². The normalized spacial score (nSPS) is 12.6. The summed E-state index contributed by atoms with van der Waals surface area (Å²) >= 11 is 0. The molecule has 5 N–H and O–H groups in total. The summed E-state index contributed by atoms with van der Waals surface area (Å²) in [4.78, 5) is 16.5. The van der Waals surface area contributed by atoms with Crippen molar-refractivity contribution in [3.05, 3.63) is 101 Å². The molecule has 4 aromatic rings. The Hall–Kier alpha value is -4.42. The van der Waals surface area contributed by atoms with E-state index < -0.39 is 0 Å². The number of fused-ring (bicyclic) bond motifs is 8. The number of aromatic amines is 2. The van der Waals surface area contributed by atoms with Crippen molar-refractivity contribution in [3.8, 4) is 0 Å². The minimum Gasteiger partial charge on any atom is -0.355 e. The maximum Gasteiger partial charge on any atom is 0.0736 e. The number of nitrogens with one attached hydrogen (secondary N) is 3. The third kappa shape index (κ3) is 3.49. The van der Waals surface area contributed by atoms with Crippen molar-refractivity contribution >= 4 is 51.6 Å². The zero-order chi connectivity index (χ0) is 21.5. The first-order valence-electron chi connectivity index (χ1n) is 10.4. The lowest BCUT2D eigenvalue weighted by atomic mass is 10.0. The van der Waals surface area contributed by atoms with Gasteiger partial charge in [0.25, 0.3) is 0 Å². The summed E-state index contributed by atoms with van der Waals surface area (Å²) < 4.78 is 0. The van der Waals surface area contributed by atoms with E-state index in [1.807, 2.05) is 54.6 Å². The molecule has 6 rings (SSSR count). The van der Waals surface area contributed by atoms with Gasteiger partial charge in [0.05, 0.1) is 22.8 Å². The molecule has 0 unspecified atom stereocenters. The summed E-state index contributed by atoms with van der Waals surface area (Å²) in [6.45, 7) is 0. The van der Waals surface area contributed by atoms with Gasteiger partial charge in [-0.3, -0.25) is 5.84 Å². The van der Waals surface area contributed by atoms with Gasteiger partial charge in [-0.15, -0.1) is 0 Å². The van der Waals surface area contributed by atoms with Crippen LogP contribution in [0.25, 0.3) is 45.9 Å². The molecule has 0 fully saturated rings. The molecular weight excluding hydrogens is 396 g/mol. The Balaban J connectivity index is 1.60. The third-order valence-corrected chi connectivity index (χ3v) is 5.53. The van der Waals surface area contributed by atoms with E-state index in [1.165, 1.54) is 0 Å². The van der Waals surface area contributed by atoms with Crippen LogP contribution in [-0.2, 0) is 0 Å². The Kier molecular flexibility index (Phi) is 4.23. The van der Waals surface area contributed by atoms with Crippen LogP contribution < -0.4 is 11.3 Å². The average Bonchev–Trinajstić information content (AvgIpc) is 3.59. The van der Waals surface area contributed by atoms with Gasteiger partial charge >= 0.3 is 0 Å². The van der Waals surface area contributed by atoms with Gasteiger partial charge in [-0.05, 0) is 84.5 Å². The molecular formula is C26H20N6. The third-order valence-electron chi connectivity index (χ3n) is 5.53. The van der Waals surface area contributed by atoms with E-state index in [0.717, 1.165) is 61.7 Å². The van der Waals surface area contributed by atoms with Crippen LogP contribution in [0.15, 0.2) is 72.8 Å². The molecule has 6 nitrogen and oxygen atoms in total. The second kappa shape index (κ2) is 7.37. The minimum absolute atomic E-state index is 0.861. The Morgan fingerprint density at radius 1 is 0.625 bits per heavy atom. The van der Waals surface area contributed by atoms with Crippen LogP contribution in [0.4, 0.5) is 5.69 Å². The number of aromatic nitrogens is 4. The summed E-state index contributed by atoms with van der Waals surface area (Å²) in [5, 5.41) is 0. The molecule has 3 aromatic heterocycles. The molecule has 0 spiro atoms. The Morgan fingerprint density at radius 3 is 1.78 bits per heavy atom. The molecule has 0 amide bonds. The van der Waals surface area contributed by atoms with Gasteiger partial charge in [0, 0.05) is 33.3 Å². The molecule has 32 heavy (non-hydrogen) atoms. The molecule has 154 valence electrons. The highest BCUT2D eigenvalue weighted by Gasteiger charge is 2.13. The van der Waals surface area contributed by atoms with Crippen LogP contribution in [0.1, 0.15) is 28.3 Å². The lowest BCUT2D eigenvalue weighted by molar-refractivity contribution is 1.30. The first kappa shape index (κ1) is 18.4. The topological polar surface area (TPSA) is 95.4 Å². The van der Waals surface area contributed by atoms with Crippen LogP contribution in [0.2, 0.25) is 0 Å². The fraction of sp³-hybridized carbons (Fsp3) is 0. The van der Waals surface area contributed by atoms with Crippen LogP contribution in [-0.4, -0.2) is 19.9 Å². The molecule has 2 aliphatic heterocycles. The fourth-order valence-corrected chi connectivity index (χ4v) is 3.99. The number of hydrogen-bond acceptors (Lipinski definition) is 4. The minimum atomic E-state index is 0.861. The van der Waals surface area contributed by atoms with Crippen LogP contribution in [0.5, 0.6) is 0 Å². The monoisotopic (exact) mass is 416 g/mol. The van der Waals surface area contributed by atoms with Crippen LogP contribution >= 0.6 is 0 Å². The molecule has 1 aromatic carbocycles. The molecule has 0 saturated heterocycles. The van der Waals surface area contributed by atoms with Gasteiger partial charge in [-0.1, -0.05) is 12.1 Å². The molecule has 6 heteroatoms. The molecule has 0 radical (unpaired) electrons. The van der Waals surface area contributed by atoms with Crippen LogP contribution in [0.3, 0.4) is 0 Å². The molecule has 0 aliphatic carbocycles. The van der Waals surface area contributed by atoms with Gasteiger partial charge in [-0.2, -0.15) is 0 Å². The maximum absolute atomic E-state index is 5.53. The van der Waals surface area contributed by atoms with Crippen molar-refractivity contribution in [2.24, 2.45) is 5.84 Å². The Morgan fingerprint density at radius 2 is 1.19 bits per heavy atom. The van der Waals surface area contributed by atoms with E-state index in [1.54, 1.807) is 0 Å². The number of H-pyrrole nitrogens is 2. The van der Waals surface area contributed by atoms with E-state index in [0.29, 0.717) is 0 Å². The second-order valence-electron chi connectivity index (χ2n) is 7.81. The zero-order valence-electron chi connectivity index (χ0n) is 17.1. The maximum atomic E-state index is 5.53. The van der Waals surface area contributed by atoms with Crippen LogP contribution in [0, 0.1) is 0 Å². The van der Waals surface area contributed by atoms with E-state index in [9.17, 15) is 0 Å². The summed E-state index contributed by atoms with van der Waals surface area (Å²) in [7, 11) is 0. The van der Waals surface area contributed by atoms with Gasteiger partial charge in [-0.25, -0.2) is 9.97 Å². The SMILES string of the molecule is NNc1ccc(C2=Cc3cc4ccc(cc5nc(cc6ccc(cc2n3)[nH]6)C=C5)[nH]4)cc1. The van der Waals surface area contributed by atoms with Crippen molar-refractivity contribution in [1.29, 1.82) is 0 Å². The number of anilines is 1. The molecule has 8 bridgehead atoms. The van der Waals surface area contributed by atoms with Crippen molar-refractivity contribution in [2.45, 2.75) is 0 Å². The number of nitrogens with two attached hydrogens (primary N) is 1. The number of nitrogens with zero attached hydrogens (tertiary/aromatic N) is 2. The summed E-state index contributed by atoms with van der Waals surface area (Å²) in [5.74, 6) is 5.53. The van der Waals surface area contributed by atoms with Crippen molar-refractivity contribution < 1.29 is 0 Å². The zero-order valence-corrected chi connectivity index (χ0v) is 17.1. The highest BCUT2D eigenvalue weighted by Crippen LogP contribution is 2.29. The van der Waals surface area contributed by atoms with E-state index in [-0.39, 0.29) is 0 Å². The Labute approximate surface area is 184 Å². The molecule has 0 atom stereocenters. The molecule has 2 aliphatic rings. The Bertz CT molecular complexity index is 1550. The highest BCUT2D eigenvalue weighted by molar-refractivity contribution is 5.93. The molecule has 5 heterocycles. The number of benzene rings is 1. The van der Waals surface area contributed by atoms with Crippen molar-refractivity contribution in [1.82, 2.24) is 19.9 Å². The van der Waals surface area contributed by atoms with Gasteiger partial charge in [0.1, 0.15) is 0 Å². The predicted molar refractivity (Wildman–Crippen MR) is 131 cm³/mol. The van der Waals surface area contributed by atoms with Crippen molar-refractivity contribution in [2.75, 3.05) is 5.43 Å². The summed E-state index contributed by atoms with van der Waals surface area (Å²) in [6.07, 6.45) is 6.15. The van der Waals surface area contributed by atoms with E-state index in [4.69, 9.17) is 10.8 Å². The second-order valence-corrected chi connectivity index (χ2v) is 7.81. The number of hydrogen-bond donors (Lipinski definition) is 4. The number of rotatable bonds is 2. The lowest BCUT2D eigenvalue weighted by Crippen LogP contribution is -2.06. The average molecular weight is 416 g/mol. The first-order chi connectivity index (χ1) is 15.7. The lowest BCUT2D eigenvalue weighted by Gasteiger charge is -2.04. The van der Waals surface area contributed by atoms with Gasteiger partial charge in [0.15, 0.2) is 0 Å². The quantitative estimate of drug-likeness (QED) is 0.226. The largest absolute Gasteiger partial charge is 0.355 e. The highest BCUT2D eigenvalue weighted by atomic mass is 15.2. The standard InChI is InChI=1S/C26H20N6/c27-32-17-3-1-16(2-4-17)25-14-24-13-22-8-7-20(29-22)11-18-5-6-19(28-18)12-21-9-10-23(30-21)15-26(25)31-24/h1-15,29-30,32H,27H2. The van der Waals surface area contributed by atoms with Crippen molar-refractivity contribution in [3.63, 3.8) is 0 Å². The summed E-state index contributed by atoms with van der Waals surface area (Å²) in [6, 6.07) is 24.4. The summed E-state index contributed by atoms with van der Waals surface area (Å²) in [5.41, 5.74) is 13.3. The van der Waals surface area contributed by atoms with E-state index in [2.05, 4.69) is 56.8 Å².